The number of nitrogens with zero attached hydrogens (tertiary/aromatic N) is 1. The fraction of sp³-hybridized carbons (Fsp3) is 0.778. The molecule has 0 atom stereocenters. The molecule has 0 unspecified atom stereocenters. The third kappa shape index (κ3) is 2.90. The normalized spacial score (nSPS) is 21.5. The van der Waals surface area contributed by atoms with Crippen LogP contribution in [-0.2, 0) is 0 Å². The van der Waals surface area contributed by atoms with E-state index in [1.54, 1.807) is 0 Å². The first-order chi connectivity index (χ1) is 4.89. The van der Waals surface area contributed by atoms with Crippen molar-refractivity contribution in [3.05, 3.63) is 12.3 Å². The van der Waals surface area contributed by atoms with Gasteiger partial charge in [0.05, 0.1) is 0 Å². The van der Waals surface area contributed by atoms with Crippen molar-refractivity contribution in [3.63, 3.8) is 0 Å². The van der Waals surface area contributed by atoms with Crippen LogP contribution in [0.25, 0.3) is 0 Å². The highest BCUT2D eigenvalue weighted by atomic mass is 15.1. The molecule has 1 aliphatic rings. The second-order valence-electron chi connectivity index (χ2n) is 3.07. The van der Waals surface area contributed by atoms with Crippen LogP contribution in [0, 0.1) is 0 Å². The smallest absolute Gasteiger partial charge is 0.0169 e. The number of rotatable bonds is 0. The van der Waals surface area contributed by atoms with Crippen LogP contribution in [0.2, 0.25) is 0 Å². The Morgan fingerprint density at radius 2 is 1.90 bits per heavy atom. The van der Waals surface area contributed by atoms with Gasteiger partial charge in [-0.1, -0.05) is 18.9 Å². The van der Waals surface area contributed by atoms with Gasteiger partial charge in [0.15, 0.2) is 0 Å². The van der Waals surface area contributed by atoms with Crippen LogP contribution in [0.4, 0.5) is 0 Å². The van der Waals surface area contributed by atoms with Crippen LogP contribution in [0.1, 0.15) is 32.1 Å². The molecule has 0 bridgehead atoms. The minimum atomic E-state index is 1.23. The molecule has 0 aromatic carbocycles. The summed E-state index contributed by atoms with van der Waals surface area (Å²) < 4.78 is 0. The Labute approximate surface area is 63.7 Å². The summed E-state index contributed by atoms with van der Waals surface area (Å²) >= 11 is 0. The van der Waals surface area contributed by atoms with Crippen molar-refractivity contribution in [1.82, 2.24) is 4.90 Å². The average Bonchev–Trinajstić information content (AvgIpc) is 2.02. The zero-order valence-electron chi connectivity index (χ0n) is 6.84. The SMILES string of the molecule is CN1C=CCCCCCC1. The van der Waals surface area contributed by atoms with Crippen LogP contribution in [0.5, 0.6) is 0 Å². The molecule has 1 nitrogen and oxygen atoms in total. The van der Waals surface area contributed by atoms with E-state index in [-0.39, 0.29) is 0 Å². The predicted octanol–water partition coefficient (Wildman–Crippen LogP) is 2.40. The summed E-state index contributed by atoms with van der Waals surface area (Å²) in [4.78, 5) is 2.28. The lowest BCUT2D eigenvalue weighted by Crippen LogP contribution is -2.11. The Kier molecular flexibility index (Phi) is 3.34. The molecule has 1 heterocycles. The summed E-state index contributed by atoms with van der Waals surface area (Å²) in [5.74, 6) is 0. The van der Waals surface area contributed by atoms with Crippen LogP contribution in [-0.4, -0.2) is 18.5 Å². The highest BCUT2D eigenvalue weighted by molar-refractivity contribution is 4.81. The van der Waals surface area contributed by atoms with Crippen molar-refractivity contribution in [2.24, 2.45) is 0 Å². The zero-order valence-corrected chi connectivity index (χ0v) is 6.84. The molecule has 10 heavy (non-hydrogen) atoms. The summed E-state index contributed by atoms with van der Waals surface area (Å²) in [7, 11) is 2.15. The van der Waals surface area contributed by atoms with Crippen molar-refractivity contribution in [1.29, 1.82) is 0 Å². The van der Waals surface area contributed by atoms with E-state index in [2.05, 4.69) is 24.2 Å². The third-order valence-electron chi connectivity index (χ3n) is 1.99. The lowest BCUT2D eigenvalue weighted by Gasteiger charge is -2.11. The predicted molar refractivity (Wildman–Crippen MR) is 44.9 cm³/mol. The number of hydrogen-bond donors (Lipinski definition) is 0. The maximum atomic E-state index is 2.28. The van der Waals surface area contributed by atoms with Gasteiger partial charge in [0.25, 0.3) is 0 Å². The summed E-state index contributed by atoms with van der Waals surface area (Å²) in [6.07, 6.45) is 11.3. The lowest BCUT2D eigenvalue weighted by molar-refractivity contribution is 0.436. The van der Waals surface area contributed by atoms with Crippen molar-refractivity contribution in [2.75, 3.05) is 13.6 Å². The van der Waals surface area contributed by atoms with Crippen molar-refractivity contribution in [3.8, 4) is 0 Å². The number of allylic oxidation sites excluding steroid dienone is 1. The van der Waals surface area contributed by atoms with Gasteiger partial charge in [-0.15, -0.1) is 0 Å². The fourth-order valence-corrected chi connectivity index (χ4v) is 1.31. The van der Waals surface area contributed by atoms with Gasteiger partial charge in [-0.25, -0.2) is 0 Å². The van der Waals surface area contributed by atoms with Crippen LogP contribution < -0.4 is 0 Å². The summed E-state index contributed by atoms with van der Waals surface area (Å²) in [5, 5.41) is 0. The minimum Gasteiger partial charge on any atom is -0.381 e. The molecular formula is C9H17N. The van der Waals surface area contributed by atoms with Gasteiger partial charge >= 0.3 is 0 Å². The topological polar surface area (TPSA) is 3.24 Å². The molecule has 58 valence electrons. The van der Waals surface area contributed by atoms with E-state index in [1.165, 1.54) is 38.6 Å². The monoisotopic (exact) mass is 139 g/mol. The first-order valence-electron chi connectivity index (χ1n) is 4.26. The molecule has 0 aromatic heterocycles. The standard InChI is InChI=1S/C9H17N/c1-10-8-6-4-2-3-5-7-9-10/h6,8H,2-5,7,9H2,1H3. The van der Waals surface area contributed by atoms with Crippen LogP contribution in [0.15, 0.2) is 12.3 Å². The van der Waals surface area contributed by atoms with Gasteiger partial charge in [-0.2, -0.15) is 0 Å². The van der Waals surface area contributed by atoms with Gasteiger partial charge in [-0.3, -0.25) is 0 Å². The lowest BCUT2D eigenvalue weighted by atomic mass is 10.1. The highest BCUT2D eigenvalue weighted by Crippen LogP contribution is 2.07. The molecule has 1 rings (SSSR count). The first-order valence-corrected chi connectivity index (χ1v) is 4.26. The van der Waals surface area contributed by atoms with Gasteiger partial charge in [0.2, 0.25) is 0 Å². The van der Waals surface area contributed by atoms with E-state index in [0.717, 1.165) is 0 Å². The Bertz CT molecular complexity index is 107. The Morgan fingerprint density at radius 1 is 1.10 bits per heavy atom. The Morgan fingerprint density at radius 3 is 2.80 bits per heavy atom. The highest BCUT2D eigenvalue weighted by Gasteiger charge is 1.94. The van der Waals surface area contributed by atoms with Gasteiger partial charge in [-0.05, 0) is 25.5 Å². The fourth-order valence-electron chi connectivity index (χ4n) is 1.31. The van der Waals surface area contributed by atoms with Crippen LogP contribution in [0.3, 0.4) is 0 Å². The summed E-state index contributed by atoms with van der Waals surface area (Å²) in [6, 6.07) is 0. The van der Waals surface area contributed by atoms with Crippen LogP contribution >= 0.6 is 0 Å². The molecule has 1 aliphatic heterocycles. The molecule has 0 N–H and O–H groups in total. The van der Waals surface area contributed by atoms with E-state index in [9.17, 15) is 0 Å². The second-order valence-corrected chi connectivity index (χ2v) is 3.07. The van der Waals surface area contributed by atoms with Gasteiger partial charge in [0, 0.05) is 13.6 Å². The minimum absolute atomic E-state index is 1.23. The molecule has 0 aliphatic carbocycles. The maximum Gasteiger partial charge on any atom is 0.0169 e. The molecule has 0 fully saturated rings. The summed E-state index contributed by atoms with van der Waals surface area (Å²) in [5.41, 5.74) is 0. The Balaban J connectivity index is 2.28. The summed E-state index contributed by atoms with van der Waals surface area (Å²) in [6.45, 7) is 1.23. The van der Waals surface area contributed by atoms with E-state index in [0.29, 0.717) is 0 Å². The molecule has 0 saturated heterocycles. The van der Waals surface area contributed by atoms with Crippen molar-refractivity contribution in [2.45, 2.75) is 32.1 Å². The van der Waals surface area contributed by atoms with E-state index in [4.69, 9.17) is 0 Å². The Hall–Kier alpha value is -0.460. The third-order valence-corrected chi connectivity index (χ3v) is 1.99. The van der Waals surface area contributed by atoms with Crippen molar-refractivity contribution < 1.29 is 0 Å². The molecule has 1 heteroatoms. The molecule has 0 radical (unpaired) electrons. The molecular weight excluding hydrogens is 122 g/mol. The largest absolute Gasteiger partial charge is 0.381 e. The maximum absolute atomic E-state index is 2.28. The van der Waals surface area contributed by atoms with Crippen molar-refractivity contribution >= 4 is 0 Å². The molecule has 0 amide bonds. The molecule has 0 saturated carbocycles. The molecule has 0 aromatic rings. The van der Waals surface area contributed by atoms with Gasteiger partial charge in [0.1, 0.15) is 0 Å². The molecule has 0 spiro atoms. The van der Waals surface area contributed by atoms with E-state index >= 15 is 0 Å². The van der Waals surface area contributed by atoms with Gasteiger partial charge < -0.3 is 4.90 Å². The number of hydrogen-bond acceptors (Lipinski definition) is 1. The zero-order chi connectivity index (χ0) is 7.23. The van der Waals surface area contributed by atoms with E-state index < -0.39 is 0 Å². The quantitative estimate of drug-likeness (QED) is 0.498. The second kappa shape index (κ2) is 4.37. The first kappa shape index (κ1) is 7.64. The van der Waals surface area contributed by atoms with E-state index in [1.807, 2.05) is 0 Å². The average molecular weight is 139 g/mol.